The van der Waals surface area contributed by atoms with Crippen LogP contribution >= 0.6 is 11.6 Å². The number of fused-ring (bicyclic) bond motifs is 1. The molecule has 9 heteroatoms. The maximum atomic E-state index is 12.9. The minimum Gasteiger partial charge on any atom is -0.381 e. The summed E-state index contributed by atoms with van der Waals surface area (Å²) in [5.74, 6) is 1.79. The highest BCUT2D eigenvalue weighted by atomic mass is 35.5. The number of nitrogens with one attached hydrogen (secondary N) is 1. The van der Waals surface area contributed by atoms with Crippen LogP contribution in [-0.2, 0) is 33.7 Å². The molecule has 2 amide bonds. The number of nitrogens with zero attached hydrogens (tertiary/aromatic N) is 4. The maximum absolute atomic E-state index is 12.9. The number of ether oxygens (including phenoxy) is 1. The van der Waals surface area contributed by atoms with Gasteiger partial charge in [0.25, 0.3) is 0 Å². The van der Waals surface area contributed by atoms with E-state index in [-0.39, 0.29) is 29.7 Å². The molecule has 1 N–H and O–H groups in total. The van der Waals surface area contributed by atoms with Crippen LogP contribution in [0.15, 0.2) is 24.3 Å². The van der Waals surface area contributed by atoms with Crippen molar-refractivity contribution in [1.82, 2.24) is 25.0 Å². The van der Waals surface area contributed by atoms with Crippen molar-refractivity contribution in [2.24, 2.45) is 11.8 Å². The molecule has 2 aliphatic heterocycles. The van der Waals surface area contributed by atoms with Gasteiger partial charge in [-0.05, 0) is 30.4 Å². The third-order valence-electron chi connectivity index (χ3n) is 6.52. The van der Waals surface area contributed by atoms with Gasteiger partial charge in [0, 0.05) is 44.1 Å². The number of rotatable bonds is 7. The highest BCUT2D eigenvalue weighted by Gasteiger charge is 2.31. The Balaban J connectivity index is 1.40. The second-order valence-corrected chi connectivity index (χ2v) is 9.55. The smallest absolute Gasteiger partial charge is 0.226 e. The van der Waals surface area contributed by atoms with Gasteiger partial charge in [0.2, 0.25) is 11.8 Å². The lowest BCUT2D eigenvalue weighted by Crippen LogP contribution is -2.38. The van der Waals surface area contributed by atoms with Crippen molar-refractivity contribution >= 4 is 23.4 Å². The maximum Gasteiger partial charge on any atom is 0.226 e. The normalized spacial score (nSPS) is 19.3. The van der Waals surface area contributed by atoms with Crippen LogP contribution in [0.25, 0.3) is 0 Å². The van der Waals surface area contributed by atoms with Crippen LogP contribution in [0.4, 0.5) is 0 Å². The molecule has 1 saturated heterocycles. The Labute approximate surface area is 199 Å². The molecule has 2 aromatic rings. The standard InChI is InChI=1S/C24H32ClN5O3/c1-16(2)22(26-24(32)18-10-14-33-15-18)23-28-27-20-9-11-29(12-13-30(20)23)21(31)8-7-17-5-3-4-6-19(17)25/h3-6,16,18,22H,7-15H2,1-2H3,(H,26,32)/t18-,22+/m0/s1. The Bertz CT molecular complexity index is 986. The lowest BCUT2D eigenvalue weighted by molar-refractivity contribution is -0.131. The van der Waals surface area contributed by atoms with Gasteiger partial charge < -0.3 is 19.5 Å². The number of carbonyl (C=O) groups is 2. The van der Waals surface area contributed by atoms with Crippen molar-refractivity contribution < 1.29 is 14.3 Å². The highest BCUT2D eigenvalue weighted by molar-refractivity contribution is 6.31. The van der Waals surface area contributed by atoms with Gasteiger partial charge in [-0.2, -0.15) is 0 Å². The summed E-state index contributed by atoms with van der Waals surface area (Å²) in [6, 6.07) is 7.41. The van der Waals surface area contributed by atoms with Gasteiger partial charge in [-0.15, -0.1) is 10.2 Å². The first-order valence-electron chi connectivity index (χ1n) is 11.7. The molecule has 178 valence electrons. The SMILES string of the molecule is CC(C)[C@@H](NC(=O)[C@H]1CCOC1)c1nnc2n1CCN(C(=O)CCc1ccccc1Cl)CC2. The Morgan fingerprint density at radius 1 is 1.21 bits per heavy atom. The first kappa shape index (κ1) is 23.7. The minimum atomic E-state index is -0.234. The number of aryl methyl sites for hydroxylation is 1. The van der Waals surface area contributed by atoms with Crippen LogP contribution in [0.1, 0.15) is 49.9 Å². The molecule has 4 rings (SSSR count). The van der Waals surface area contributed by atoms with E-state index in [4.69, 9.17) is 16.3 Å². The molecule has 0 unspecified atom stereocenters. The second-order valence-electron chi connectivity index (χ2n) is 9.14. The van der Waals surface area contributed by atoms with Crippen LogP contribution in [0.2, 0.25) is 5.02 Å². The molecule has 0 bridgehead atoms. The van der Waals surface area contributed by atoms with Gasteiger partial charge in [0.15, 0.2) is 5.82 Å². The van der Waals surface area contributed by atoms with E-state index >= 15 is 0 Å². The molecular formula is C24H32ClN5O3. The van der Waals surface area contributed by atoms with Crippen molar-refractivity contribution in [1.29, 1.82) is 0 Å². The van der Waals surface area contributed by atoms with Gasteiger partial charge in [-0.1, -0.05) is 43.6 Å². The van der Waals surface area contributed by atoms with Crippen LogP contribution in [0.5, 0.6) is 0 Å². The molecule has 0 radical (unpaired) electrons. The number of benzene rings is 1. The molecule has 0 saturated carbocycles. The van der Waals surface area contributed by atoms with Crippen molar-refractivity contribution in [3.05, 3.63) is 46.5 Å². The lowest BCUT2D eigenvalue weighted by atomic mass is 10.0. The van der Waals surface area contributed by atoms with E-state index in [0.29, 0.717) is 57.1 Å². The highest BCUT2D eigenvalue weighted by Crippen LogP contribution is 2.24. The Morgan fingerprint density at radius 2 is 2.03 bits per heavy atom. The monoisotopic (exact) mass is 473 g/mol. The third kappa shape index (κ3) is 5.55. The number of hydrogen-bond acceptors (Lipinski definition) is 5. The summed E-state index contributed by atoms with van der Waals surface area (Å²) in [4.78, 5) is 27.5. The Kier molecular flexibility index (Phi) is 7.65. The van der Waals surface area contributed by atoms with Crippen molar-refractivity contribution in [3.63, 3.8) is 0 Å². The first-order valence-corrected chi connectivity index (χ1v) is 12.1. The zero-order valence-electron chi connectivity index (χ0n) is 19.3. The molecular weight excluding hydrogens is 442 g/mol. The van der Waals surface area contributed by atoms with Gasteiger partial charge in [-0.3, -0.25) is 9.59 Å². The summed E-state index contributed by atoms with van der Waals surface area (Å²) in [6.45, 7) is 7.05. The molecule has 2 aliphatic rings. The van der Waals surface area contributed by atoms with E-state index in [9.17, 15) is 9.59 Å². The summed E-state index contributed by atoms with van der Waals surface area (Å²) >= 11 is 6.24. The Hall–Kier alpha value is -2.45. The van der Waals surface area contributed by atoms with E-state index in [1.807, 2.05) is 29.2 Å². The lowest BCUT2D eigenvalue weighted by Gasteiger charge is -2.24. The minimum absolute atomic E-state index is 0.00792. The molecule has 3 heterocycles. The molecule has 1 aromatic heterocycles. The fourth-order valence-electron chi connectivity index (χ4n) is 4.47. The average Bonchev–Trinajstić information content (AvgIpc) is 3.43. The fraction of sp³-hybridized carbons (Fsp3) is 0.583. The third-order valence-corrected chi connectivity index (χ3v) is 6.89. The molecule has 0 aliphatic carbocycles. The van der Waals surface area contributed by atoms with E-state index in [2.05, 4.69) is 33.9 Å². The topological polar surface area (TPSA) is 89.3 Å². The van der Waals surface area contributed by atoms with Gasteiger partial charge >= 0.3 is 0 Å². The van der Waals surface area contributed by atoms with Gasteiger partial charge in [0.05, 0.1) is 18.6 Å². The number of aromatic nitrogens is 3. The van der Waals surface area contributed by atoms with Gasteiger partial charge in [0.1, 0.15) is 5.82 Å². The summed E-state index contributed by atoms with van der Waals surface area (Å²) in [6.07, 6.45) is 2.43. The molecule has 1 fully saturated rings. The Morgan fingerprint density at radius 3 is 2.76 bits per heavy atom. The number of hydrogen-bond donors (Lipinski definition) is 1. The summed E-state index contributed by atoms with van der Waals surface area (Å²) in [5.41, 5.74) is 0.991. The molecule has 0 spiro atoms. The summed E-state index contributed by atoms with van der Waals surface area (Å²) in [7, 11) is 0. The second kappa shape index (κ2) is 10.7. The fourth-order valence-corrected chi connectivity index (χ4v) is 4.70. The van der Waals surface area contributed by atoms with Crippen molar-refractivity contribution in [2.45, 2.75) is 52.1 Å². The van der Waals surface area contributed by atoms with Crippen molar-refractivity contribution in [2.75, 3.05) is 26.3 Å². The molecule has 33 heavy (non-hydrogen) atoms. The first-order chi connectivity index (χ1) is 15.9. The largest absolute Gasteiger partial charge is 0.381 e. The number of carbonyl (C=O) groups excluding carboxylic acids is 2. The van der Waals surface area contributed by atoms with E-state index in [1.54, 1.807) is 0 Å². The van der Waals surface area contributed by atoms with Crippen LogP contribution in [-0.4, -0.2) is 57.8 Å². The molecule has 2 atom stereocenters. The summed E-state index contributed by atoms with van der Waals surface area (Å²) in [5, 5.41) is 12.7. The van der Waals surface area contributed by atoms with Crippen LogP contribution in [0, 0.1) is 11.8 Å². The van der Waals surface area contributed by atoms with E-state index < -0.39 is 0 Å². The van der Waals surface area contributed by atoms with Crippen LogP contribution < -0.4 is 5.32 Å². The van der Waals surface area contributed by atoms with Crippen molar-refractivity contribution in [3.8, 4) is 0 Å². The summed E-state index contributed by atoms with van der Waals surface area (Å²) < 4.78 is 7.45. The van der Waals surface area contributed by atoms with E-state index in [0.717, 1.165) is 23.6 Å². The molecule has 1 aromatic carbocycles. The van der Waals surface area contributed by atoms with E-state index in [1.165, 1.54) is 0 Å². The number of halogens is 1. The predicted octanol–water partition coefficient (Wildman–Crippen LogP) is 2.80. The van der Waals surface area contributed by atoms with Gasteiger partial charge in [-0.25, -0.2) is 0 Å². The molecule has 8 nitrogen and oxygen atoms in total. The van der Waals surface area contributed by atoms with Crippen LogP contribution in [0.3, 0.4) is 0 Å². The quantitative estimate of drug-likeness (QED) is 0.667. The average molecular weight is 474 g/mol. The zero-order chi connectivity index (χ0) is 23.4. The predicted molar refractivity (Wildman–Crippen MR) is 125 cm³/mol. The zero-order valence-corrected chi connectivity index (χ0v) is 20.1. The number of amides is 2.